The van der Waals surface area contributed by atoms with Gasteiger partial charge in [0.2, 0.25) is 0 Å². The molecule has 1 fully saturated rings. The lowest BCUT2D eigenvalue weighted by Crippen LogP contribution is -2.31. The summed E-state index contributed by atoms with van der Waals surface area (Å²) in [6.07, 6.45) is 2.06. The highest BCUT2D eigenvalue weighted by Crippen LogP contribution is 2.39. The molecule has 0 spiro atoms. The van der Waals surface area contributed by atoms with Crippen LogP contribution in [0.15, 0.2) is 65.1 Å². The van der Waals surface area contributed by atoms with Gasteiger partial charge in [0, 0.05) is 40.7 Å². The Morgan fingerprint density at radius 2 is 1.59 bits per heavy atom. The molecular formula is C26H27BrN4O. The van der Waals surface area contributed by atoms with Crippen molar-refractivity contribution in [3.63, 3.8) is 0 Å². The van der Waals surface area contributed by atoms with Crippen molar-refractivity contribution >= 4 is 39.0 Å². The average Bonchev–Trinajstić information content (AvgIpc) is 3.38. The van der Waals surface area contributed by atoms with Crippen LogP contribution in [0.3, 0.4) is 0 Å². The molecule has 6 heteroatoms. The van der Waals surface area contributed by atoms with Gasteiger partial charge >= 0.3 is 6.03 Å². The minimum atomic E-state index is -0.232. The summed E-state index contributed by atoms with van der Waals surface area (Å²) in [5.41, 5.74) is 7.85. The van der Waals surface area contributed by atoms with E-state index in [-0.39, 0.29) is 6.03 Å². The highest BCUT2D eigenvalue weighted by molar-refractivity contribution is 9.10. The lowest BCUT2D eigenvalue weighted by Gasteiger charge is -2.22. The molecule has 5 nitrogen and oxygen atoms in total. The molecule has 1 saturated heterocycles. The fourth-order valence-corrected chi connectivity index (χ4v) is 5.11. The van der Waals surface area contributed by atoms with Gasteiger partial charge in [-0.3, -0.25) is 0 Å². The zero-order valence-corrected chi connectivity index (χ0v) is 19.9. The Kier molecular flexibility index (Phi) is 5.66. The van der Waals surface area contributed by atoms with Crippen LogP contribution in [0.25, 0.3) is 11.1 Å². The molecule has 164 valence electrons. The number of nitrogens with one attached hydrogen (secondary N) is 2. The van der Waals surface area contributed by atoms with Gasteiger partial charge in [0.25, 0.3) is 0 Å². The first-order valence-electron chi connectivity index (χ1n) is 11.0. The van der Waals surface area contributed by atoms with Crippen molar-refractivity contribution < 1.29 is 4.79 Å². The first kappa shape index (κ1) is 21.0. The SMILES string of the molecule is CN(C)C1CCN(c2ccc(NC(=O)Nc3ccc4c(c3)Cc3cc(Br)ccc3-4)cc2)C1. The van der Waals surface area contributed by atoms with Crippen molar-refractivity contribution in [3.8, 4) is 11.1 Å². The van der Waals surface area contributed by atoms with E-state index >= 15 is 0 Å². The van der Waals surface area contributed by atoms with E-state index in [1.54, 1.807) is 0 Å². The molecule has 0 aromatic heterocycles. The molecule has 0 saturated carbocycles. The molecule has 0 bridgehead atoms. The smallest absolute Gasteiger partial charge is 0.323 e. The molecule has 3 aromatic rings. The zero-order chi connectivity index (χ0) is 22.2. The largest absolute Gasteiger partial charge is 0.370 e. The fourth-order valence-electron chi connectivity index (χ4n) is 4.70. The van der Waals surface area contributed by atoms with Crippen LogP contribution in [0.5, 0.6) is 0 Å². The molecule has 32 heavy (non-hydrogen) atoms. The monoisotopic (exact) mass is 490 g/mol. The van der Waals surface area contributed by atoms with Gasteiger partial charge < -0.3 is 20.4 Å². The van der Waals surface area contributed by atoms with Gasteiger partial charge in [-0.2, -0.15) is 0 Å². The van der Waals surface area contributed by atoms with E-state index in [4.69, 9.17) is 0 Å². The number of hydrogen-bond donors (Lipinski definition) is 2. The van der Waals surface area contributed by atoms with E-state index in [0.717, 1.165) is 35.4 Å². The summed E-state index contributed by atoms with van der Waals surface area (Å²) in [5, 5.41) is 5.92. The standard InChI is InChI=1S/C26H27BrN4O/c1-30(2)23-11-12-31(16-23)22-7-4-20(5-8-22)28-26(32)29-21-6-10-25-18(15-21)13-17-14-19(27)3-9-24(17)25/h3-10,14-15,23H,11-13,16H2,1-2H3,(H2,28,29,32). The maximum absolute atomic E-state index is 12.6. The van der Waals surface area contributed by atoms with E-state index in [1.165, 1.54) is 34.4 Å². The summed E-state index contributed by atoms with van der Waals surface area (Å²) < 4.78 is 1.09. The molecule has 5 rings (SSSR count). The maximum Gasteiger partial charge on any atom is 0.323 e. The molecule has 1 atom stereocenters. The summed E-state index contributed by atoms with van der Waals surface area (Å²) in [5.74, 6) is 0. The molecule has 3 aromatic carbocycles. The van der Waals surface area contributed by atoms with Crippen molar-refractivity contribution in [1.29, 1.82) is 0 Å². The van der Waals surface area contributed by atoms with E-state index in [9.17, 15) is 4.79 Å². The summed E-state index contributed by atoms with van der Waals surface area (Å²) in [4.78, 5) is 17.2. The number of amides is 2. The molecule has 1 unspecified atom stereocenters. The number of anilines is 3. The van der Waals surface area contributed by atoms with Gasteiger partial charge in [-0.15, -0.1) is 0 Å². The molecule has 2 N–H and O–H groups in total. The predicted octanol–water partition coefficient (Wildman–Crippen LogP) is 5.80. The topological polar surface area (TPSA) is 47.6 Å². The maximum atomic E-state index is 12.6. The van der Waals surface area contributed by atoms with Crippen LogP contribution in [-0.2, 0) is 6.42 Å². The van der Waals surface area contributed by atoms with Crippen LogP contribution in [0, 0.1) is 0 Å². The Morgan fingerprint density at radius 1 is 0.938 bits per heavy atom. The van der Waals surface area contributed by atoms with Gasteiger partial charge in [-0.25, -0.2) is 4.79 Å². The second-order valence-corrected chi connectivity index (χ2v) is 9.74. The van der Waals surface area contributed by atoms with E-state index in [2.05, 4.69) is 92.9 Å². The zero-order valence-electron chi connectivity index (χ0n) is 18.4. The summed E-state index contributed by atoms with van der Waals surface area (Å²) in [6, 6.07) is 21.0. The van der Waals surface area contributed by atoms with Gasteiger partial charge in [0.15, 0.2) is 0 Å². The third-order valence-corrected chi connectivity index (χ3v) is 6.98. The first-order valence-corrected chi connectivity index (χ1v) is 11.8. The Morgan fingerprint density at radius 3 is 2.31 bits per heavy atom. The Labute approximate surface area is 197 Å². The molecule has 1 aliphatic carbocycles. The van der Waals surface area contributed by atoms with Crippen LogP contribution >= 0.6 is 15.9 Å². The third-order valence-electron chi connectivity index (χ3n) is 6.49. The number of carbonyl (C=O) groups excluding carboxylic acids is 1. The summed E-state index contributed by atoms with van der Waals surface area (Å²) in [7, 11) is 4.28. The van der Waals surface area contributed by atoms with E-state index in [1.807, 2.05) is 18.2 Å². The normalized spacial score (nSPS) is 16.8. The van der Waals surface area contributed by atoms with Crippen LogP contribution in [0.2, 0.25) is 0 Å². The number of benzene rings is 3. The number of nitrogens with zero attached hydrogens (tertiary/aromatic N) is 2. The molecular weight excluding hydrogens is 464 g/mol. The third kappa shape index (κ3) is 4.25. The number of rotatable bonds is 4. The number of carbonyl (C=O) groups is 1. The van der Waals surface area contributed by atoms with Crippen molar-refractivity contribution in [2.24, 2.45) is 0 Å². The van der Waals surface area contributed by atoms with Gasteiger partial charge in [-0.1, -0.05) is 28.1 Å². The van der Waals surface area contributed by atoms with Gasteiger partial charge in [0.05, 0.1) is 0 Å². The minimum Gasteiger partial charge on any atom is -0.370 e. The molecule has 1 aliphatic heterocycles. The van der Waals surface area contributed by atoms with Crippen molar-refractivity contribution in [3.05, 3.63) is 76.3 Å². The second kappa shape index (κ2) is 8.60. The molecule has 1 heterocycles. The summed E-state index contributed by atoms with van der Waals surface area (Å²) >= 11 is 3.55. The number of likely N-dealkylation sites (N-methyl/N-ethyl adjacent to an activating group) is 1. The van der Waals surface area contributed by atoms with Crippen LogP contribution < -0.4 is 15.5 Å². The van der Waals surface area contributed by atoms with Crippen LogP contribution in [-0.4, -0.2) is 44.2 Å². The van der Waals surface area contributed by atoms with Crippen molar-refractivity contribution in [2.45, 2.75) is 18.9 Å². The second-order valence-electron chi connectivity index (χ2n) is 8.83. The Bertz CT molecular complexity index is 1160. The lowest BCUT2D eigenvalue weighted by atomic mass is 10.1. The summed E-state index contributed by atoms with van der Waals surface area (Å²) in [6.45, 7) is 2.11. The number of urea groups is 1. The number of hydrogen-bond acceptors (Lipinski definition) is 3. The Hall–Kier alpha value is -2.83. The first-order chi connectivity index (χ1) is 15.5. The van der Waals surface area contributed by atoms with Crippen LogP contribution in [0.1, 0.15) is 17.5 Å². The molecule has 0 radical (unpaired) electrons. The number of halogens is 1. The van der Waals surface area contributed by atoms with E-state index < -0.39 is 0 Å². The van der Waals surface area contributed by atoms with Gasteiger partial charge in [-0.05, 0) is 97.7 Å². The van der Waals surface area contributed by atoms with Gasteiger partial charge in [0.1, 0.15) is 0 Å². The predicted molar refractivity (Wildman–Crippen MR) is 136 cm³/mol. The van der Waals surface area contributed by atoms with Crippen LogP contribution in [0.4, 0.5) is 21.9 Å². The van der Waals surface area contributed by atoms with E-state index in [0.29, 0.717) is 6.04 Å². The molecule has 2 aliphatic rings. The molecule has 2 amide bonds. The highest BCUT2D eigenvalue weighted by Gasteiger charge is 2.24. The minimum absolute atomic E-state index is 0.232. The highest BCUT2D eigenvalue weighted by atomic mass is 79.9. The van der Waals surface area contributed by atoms with Crippen molar-refractivity contribution in [1.82, 2.24) is 4.90 Å². The Balaban J connectivity index is 1.20. The fraction of sp³-hybridized carbons (Fsp3) is 0.269. The quantitative estimate of drug-likeness (QED) is 0.379. The average molecular weight is 491 g/mol. The number of fused-ring (bicyclic) bond motifs is 3. The lowest BCUT2D eigenvalue weighted by molar-refractivity contribution is 0.262. The van der Waals surface area contributed by atoms with Crippen molar-refractivity contribution in [2.75, 3.05) is 42.7 Å².